The van der Waals surface area contributed by atoms with E-state index in [0.717, 1.165) is 43.4 Å². The number of nitrogens with two attached hydrogens (primary N) is 1. The summed E-state index contributed by atoms with van der Waals surface area (Å²) < 4.78 is 10.9. The topological polar surface area (TPSA) is 123 Å². The predicted octanol–water partition coefficient (Wildman–Crippen LogP) is 3.92. The van der Waals surface area contributed by atoms with Crippen LogP contribution in [0.3, 0.4) is 0 Å². The van der Waals surface area contributed by atoms with E-state index in [1.165, 1.54) is 0 Å². The molecule has 0 saturated carbocycles. The summed E-state index contributed by atoms with van der Waals surface area (Å²) in [5, 5.41) is 9.33. The van der Waals surface area contributed by atoms with E-state index in [2.05, 4.69) is 17.5 Å². The van der Waals surface area contributed by atoms with E-state index in [-0.39, 0.29) is 34.8 Å². The molecule has 3 amide bonds. The molecule has 2 aromatic rings. The van der Waals surface area contributed by atoms with Gasteiger partial charge in [0.2, 0.25) is 11.8 Å². The van der Waals surface area contributed by atoms with Crippen LogP contribution in [0.15, 0.2) is 59.7 Å². The smallest absolute Gasteiger partial charge is 0.252 e. The Morgan fingerprint density at radius 3 is 2.36 bits per heavy atom. The first-order valence-corrected chi connectivity index (χ1v) is 13.4. The van der Waals surface area contributed by atoms with Gasteiger partial charge in [0.25, 0.3) is 5.91 Å². The van der Waals surface area contributed by atoms with E-state index >= 15 is 0 Å². The molecule has 1 aliphatic heterocycles. The van der Waals surface area contributed by atoms with Crippen LogP contribution in [0.5, 0.6) is 11.5 Å². The molecule has 9 nitrogen and oxygen atoms in total. The van der Waals surface area contributed by atoms with Crippen molar-refractivity contribution in [3.63, 3.8) is 0 Å². The number of ether oxygens (including phenoxy) is 2. The number of carbonyl (C=O) groups excluding carboxylic acids is 3. The molecule has 0 aromatic heterocycles. The fourth-order valence-electron chi connectivity index (χ4n) is 5.20. The van der Waals surface area contributed by atoms with Gasteiger partial charge in [0, 0.05) is 24.6 Å². The number of fused-ring (bicyclic) bond motifs is 1. The molecule has 0 bridgehead atoms. The van der Waals surface area contributed by atoms with Crippen LogP contribution in [0.25, 0.3) is 0 Å². The van der Waals surface area contributed by atoms with Gasteiger partial charge in [-0.3, -0.25) is 14.4 Å². The van der Waals surface area contributed by atoms with Crippen LogP contribution in [-0.2, 0) is 4.79 Å². The average Bonchev–Trinajstić information content (AvgIpc) is 2.97. The molecule has 3 N–H and O–H groups in total. The van der Waals surface area contributed by atoms with Gasteiger partial charge in [-0.25, -0.2) is 5.01 Å². The van der Waals surface area contributed by atoms with E-state index in [4.69, 9.17) is 20.3 Å². The fraction of sp³-hybridized carbons (Fsp3) is 0.400. The van der Waals surface area contributed by atoms with E-state index in [1.807, 2.05) is 18.2 Å². The summed E-state index contributed by atoms with van der Waals surface area (Å²) in [7, 11) is 3.22. The zero-order valence-electron chi connectivity index (χ0n) is 22.5. The second-order valence-electron chi connectivity index (χ2n) is 9.75. The SMILES string of the molecule is COc1ccc(C2=NN(CCCCCCNC(=O)c3ccccc3C(N)=O)C(=O)[C@H]3CC=CC[C@@H]23)cc1OC. The number of rotatable bonds is 12. The van der Waals surface area contributed by atoms with Crippen molar-refractivity contribution in [3.8, 4) is 11.5 Å². The molecule has 206 valence electrons. The number of methoxy groups -OCH3 is 2. The number of hydrogen-bond acceptors (Lipinski definition) is 6. The highest BCUT2D eigenvalue weighted by Crippen LogP contribution is 2.37. The Kier molecular flexibility index (Phi) is 9.35. The molecule has 2 aromatic carbocycles. The lowest BCUT2D eigenvalue weighted by atomic mass is 9.76. The van der Waals surface area contributed by atoms with Crippen LogP contribution < -0.4 is 20.5 Å². The summed E-state index contributed by atoms with van der Waals surface area (Å²) in [6, 6.07) is 12.3. The highest BCUT2D eigenvalue weighted by Gasteiger charge is 2.40. The summed E-state index contributed by atoms with van der Waals surface area (Å²) >= 11 is 0. The zero-order valence-corrected chi connectivity index (χ0v) is 22.5. The monoisotopic (exact) mass is 532 g/mol. The number of carbonyl (C=O) groups is 3. The first-order valence-electron chi connectivity index (χ1n) is 13.4. The largest absolute Gasteiger partial charge is 0.493 e. The Balaban J connectivity index is 1.32. The number of amides is 3. The number of primary amides is 1. The number of nitrogens with one attached hydrogen (secondary N) is 1. The molecule has 9 heteroatoms. The predicted molar refractivity (Wildman–Crippen MR) is 149 cm³/mol. The van der Waals surface area contributed by atoms with Crippen molar-refractivity contribution in [2.45, 2.75) is 38.5 Å². The van der Waals surface area contributed by atoms with Crippen molar-refractivity contribution >= 4 is 23.4 Å². The van der Waals surface area contributed by atoms with E-state index in [9.17, 15) is 14.4 Å². The van der Waals surface area contributed by atoms with Gasteiger partial charge < -0.3 is 20.5 Å². The Bertz CT molecular complexity index is 1270. The van der Waals surface area contributed by atoms with Crippen LogP contribution in [0, 0.1) is 11.8 Å². The molecule has 1 heterocycles. The minimum atomic E-state index is -0.625. The minimum absolute atomic E-state index is 0.0418. The lowest BCUT2D eigenvalue weighted by Crippen LogP contribution is -2.45. The second-order valence-corrected chi connectivity index (χ2v) is 9.75. The normalized spacial score (nSPS) is 18.3. The van der Waals surface area contributed by atoms with Gasteiger partial charge in [-0.1, -0.05) is 37.1 Å². The molecular weight excluding hydrogens is 496 g/mol. The molecule has 2 aliphatic rings. The lowest BCUT2D eigenvalue weighted by molar-refractivity contribution is -0.137. The fourth-order valence-corrected chi connectivity index (χ4v) is 5.20. The van der Waals surface area contributed by atoms with Crippen molar-refractivity contribution in [2.75, 3.05) is 27.3 Å². The van der Waals surface area contributed by atoms with Gasteiger partial charge >= 0.3 is 0 Å². The highest BCUT2D eigenvalue weighted by atomic mass is 16.5. The van der Waals surface area contributed by atoms with Gasteiger partial charge in [0.1, 0.15) is 0 Å². The number of hydrogen-bond donors (Lipinski definition) is 2. The van der Waals surface area contributed by atoms with Gasteiger partial charge in [-0.05, 0) is 56.0 Å². The molecule has 1 aliphatic carbocycles. The van der Waals surface area contributed by atoms with E-state index in [1.54, 1.807) is 43.5 Å². The second kappa shape index (κ2) is 13.1. The summed E-state index contributed by atoms with van der Waals surface area (Å²) in [4.78, 5) is 37.3. The summed E-state index contributed by atoms with van der Waals surface area (Å²) in [5.74, 6) is 0.355. The molecule has 0 unspecified atom stereocenters. The number of allylic oxidation sites excluding steroid dienone is 2. The lowest BCUT2D eigenvalue weighted by Gasteiger charge is -2.37. The number of nitrogens with zero attached hydrogens (tertiary/aromatic N) is 2. The Labute approximate surface area is 229 Å². The summed E-state index contributed by atoms with van der Waals surface area (Å²) in [5.41, 5.74) is 7.70. The maximum atomic E-state index is 13.3. The summed E-state index contributed by atoms with van der Waals surface area (Å²) in [6.07, 6.45) is 9.09. The van der Waals surface area contributed by atoms with Crippen LogP contribution in [0.1, 0.15) is 64.8 Å². The molecule has 39 heavy (non-hydrogen) atoms. The number of unbranched alkanes of at least 4 members (excludes halogenated alkanes) is 3. The third-order valence-electron chi connectivity index (χ3n) is 7.28. The van der Waals surface area contributed by atoms with Gasteiger partial charge in [-0.2, -0.15) is 5.10 Å². The first kappa shape index (κ1) is 27.9. The molecule has 0 radical (unpaired) electrons. The third kappa shape index (κ3) is 6.47. The molecule has 0 saturated heterocycles. The quantitative estimate of drug-likeness (QED) is 0.317. The molecule has 2 atom stereocenters. The molecular formula is C30H36N4O5. The number of hydrazone groups is 1. The van der Waals surface area contributed by atoms with Crippen LogP contribution >= 0.6 is 0 Å². The Morgan fingerprint density at radius 1 is 0.949 bits per heavy atom. The Morgan fingerprint density at radius 2 is 1.64 bits per heavy atom. The van der Waals surface area contributed by atoms with Crippen LogP contribution in [0.4, 0.5) is 0 Å². The first-order chi connectivity index (χ1) is 18.9. The molecule has 0 spiro atoms. The van der Waals surface area contributed by atoms with Gasteiger partial charge in [0.05, 0.1) is 37.0 Å². The van der Waals surface area contributed by atoms with Crippen molar-refractivity contribution < 1.29 is 23.9 Å². The molecule has 0 fully saturated rings. The van der Waals surface area contributed by atoms with Crippen LogP contribution in [0.2, 0.25) is 0 Å². The standard InChI is InChI=1S/C30H36N4O5/c1-38-25-16-15-20(19-26(25)39-2)27-21-11-5-8-14-24(21)30(37)34(33-27)18-10-4-3-9-17-32-29(36)23-13-7-6-12-22(23)28(31)35/h5-8,12-13,15-16,19,21,24H,3-4,9-11,14,17-18H2,1-2H3,(H2,31,35)(H,32,36)/t21-,24+/m1/s1. The maximum Gasteiger partial charge on any atom is 0.252 e. The number of benzene rings is 2. The van der Waals surface area contributed by atoms with Crippen molar-refractivity contribution in [1.82, 2.24) is 10.3 Å². The zero-order chi connectivity index (χ0) is 27.8. The Hall–Kier alpha value is -4.14. The van der Waals surface area contributed by atoms with Crippen LogP contribution in [-0.4, -0.2) is 55.8 Å². The maximum absolute atomic E-state index is 13.3. The van der Waals surface area contributed by atoms with Crippen molar-refractivity contribution in [1.29, 1.82) is 0 Å². The van der Waals surface area contributed by atoms with Gasteiger partial charge in [-0.15, -0.1) is 0 Å². The third-order valence-corrected chi connectivity index (χ3v) is 7.28. The minimum Gasteiger partial charge on any atom is -0.493 e. The van der Waals surface area contributed by atoms with Gasteiger partial charge in [0.15, 0.2) is 11.5 Å². The van der Waals surface area contributed by atoms with Crippen molar-refractivity contribution in [2.24, 2.45) is 22.7 Å². The highest BCUT2D eigenvalue weighted by molar-refractivity contribution is 6.07. The molecule has 4 rings (SSSR count). The average molecular weight is 533 g/mol. The summed E-state index contributed by atoms with van der Waals surface area (Å²) in [6.45, 7) is 1.03. The van der Waals surface area contributed by atoms with E-state index in [0.29, 0.717) is 31.0 Å². The van der Waals surface area contributed by atoms with Crippen molar-refractivity contribution in [3.05, 3.63) is 71.3 Å². The van der Waals surface area contributed by atoms with E-state index < -0.39 is 5.91 Å².